The van der Waals surface area contributed by atoms with Gasteiger partial charge in [0.2, 0.25) is 0 Å². The molecule has 1 nitrogen and oxygen atoms in total. The molecule has 4 rings (SSSR count). The highest BCUT2D eigenvalue weighted by Crippen LogP contribution is 2.68. The Balaban J connectivity index is 1.62. The Morgan fingerprint density at radius 2 is 1.85 bits per heavy atom. The van der Waals surface area contributed by atoms with Crippen LogP contribution >= 0.6 is 0 Å². The van der Waals surface area contributed by atoms with Gasteiger partial charge in [-0.1, -0.05) is 33.6 Å². The number of carbonyl (C=O) groups excluding carboxylic acids is 1. The van der Waals surface area contributed by atoms with Crippen LogP contribution in [0.15, 0.2) is 0 Å². The molecule has 0 radical (unpaired) electrons. The van der Waals surface area contributed by atoms with Gasteiger partial charge in [0.15, 0.2) is 0 Å². The Kier molecular flexibility index (Phi) is 4.42. The average molecular weight is 361 g/mol. The summed E-state index contributed by atoms with van der Waals surface area (Å²) in [5.41, 5.74) is 0.503. The monoisotopic (exact) mass is 360 g/mol. The molecule has 0 aliphatic heterocycles. The van der Waals surface area contributed by atoms with Gasteiger partial charge >= 0.3 is 0 Å². The second-order valence-electron chi connectivity index (χ2n) is 10.9. The van der Waals surface area contributed by atoms with E-state index in [1.54, 1.807) is 6.92 Å². The van der Waals surface area contributed by atoms with E-state index in [0.29, 0.717) is 47.2 Å². The molecule has 4 fully saturated rings. The van der Waals surface area contributed by atoms with Crippen molar-refractivity contribution >= 4 is 5.78 Å². The molecular formula is C25H42O. The largest absolute Gasteiger partial charge is 0.300 e. The van der Waals surface area contributed by atoms with Gasteiger partial charge in [-0.15, -0.1) is 0 Å². The molecule has 4 unspecified atom stereocenters. The van der Waals surface area contributed by atoms with Gasteiger partial charge < -0.3 is 4.79 Å². The minimum absolute atomic E-state index is 0.200. The third-order valence-corrected chi connectivity index (χ3v) is 9.71. The lowest BCUT2D eigenvalue weighted by Crippen LogP contribution is -2.53. The van der Waals surface area contributed by atoms with Gasteiger partial charge in [0.1, 0.15) is 5.78 Å². The fraction of sp³-hybridized carbons (Fsp3) is 0.960. The maximum absolute atomic E-state index is 11.5. The van der Waals surface area contributed by atoms with E-state index >= 15 is 0 Å². The third kappa shape index (κ3) is 2.91. The van der Waals surface area contributed by atoms with Crippen molar-refractivity contribution < 1.29 is 7.54 Å². The number of Topliss-reactive ketones (excluding diaryl/α,β-unsaturated/α-hetero) is 1. The predicted octanol–water partition coefficient (Wildman–Crippen LogP) is 7.04. The first kappa shape index (κ1) is 16.6. The van der Waals surface area contributed by atoms with Gasteiger partial charge in [-0.05, 0) is 111 Å². The van der Waals surface area contributed by atoms with Gasteiger partial charge in [-0.2, -0.15) is 0 Å². The smallest absolute Gasteiger partial charge is 0.129 e. The molecule has 0 saturated heterocycles. The first-order chi connectivity index (χ1) is 13.1. The summed E-state index contributed by atoms with van der Waals surface area (Å²) in [7, 11) is 0. The van der Waals surface area contributed by atoms with Gasteiger partial charge in [0.25, 0.3) is 0 Å². The highest BCUT2D eigenvalue weighted by Gasteiger charge is 2.59. The second kappa shape index (κ2) is 6.93. The molecule has 0 N–H and O–H groups in total. The molecule has 0 aromatic heterocycles. The second-order valence-corrected chi connectivity index (χ2v) is 10.9. The molecule has 0 amide bonds. The van der Waals surface area contributed by atoms with E-state index < -0.39 is 5.89 Å². The minimum Gasteiger partial charge on any atom is -0.300 e. The predicted molar refractivity (Wildman–Crippen MR) is 109 cm³/mol. The number of hydrogen-bond donors (Lipinski definition) is 0. The number of carbonyl (C=O) groups is 1. The van der Waals surface area contributed by atoms with Gasteiger partial charge in [0.05, 0.1) is 0 Å². The van der Waals surface area contributed by atoms with Gasteiger partial charge in [-0.3, -0.25) is 0 Å². The summed E-state index contributed by atoms with van der Waals surface area (Å²) < 4.78 is 19.0. The van der Waals surface area contributed by atoms with Crippen LogP contribution in [0.1, 0.15) is 107 Å². The summed E-state index contributed by atoms with van der Waals surface area (Å²) in [5, 5.41) is 0. The molecule has 4 saturated carbocycles. The molecule has 0 spiro atoms. The van der Waals surface area contributed by atoms with Crippen molar-refractivity contribution in [2.75, 3.05) is 0 Å². The van der Waals surface area contributed by atoms with Crippen molar-refractivity contribution in [3.05, 3.63) is 0 Å². The molecular weight excluding hydrogens is 316 g/mol. The van der Waals surface area contributed by atoms with E-state index in [2.05, 4.69) is 20.8 Å². The summed E-state index contributed by atoms with van der Waals surface area (Å²) in [4.78, 5) is 11.5. The molecule has 26 heavy (non-hydrogen) atoms. The van der Waals surface area contributed by atoms with Gasteiger partial charge in [-0.25, -0.2) is 0 Å². The summed E-state index contributed by atoms with van der Waals surface area (Å²) in [6, 6.07) is 0. The van der Waals surface area contributed by atoms with E-state index in [1.165, 1.54) is 38.5 Å². The van der Waals surface area contributed by atoms with Crippen LogP contribution < -0.4 is 0 Å². The quantitative estimate of drug-likeness (QED) is 0.525. The van der Waals surface area contributed by atoms with Crippen LogP contribution in [0.3, 0.4) is 0 Å². The molecule has 4 aliphatic carbocycles. The lowest BCUT2D eigenvalue weighted by Gasteiger charge is -2.61. The van der Waals surface area contributed by atoms with E-state index in [1.807, 2.05) is 0 Å². The molecule has 0 aromatic rings. The Morgan fingerprint density at radius 3 is 2.62 bits per heavy atom. The molecule has 1 heteroatoms. The fourth-order valence-electron chi connectivity index (χ4n) is 8.15. The average Bonchev–Trinajstić information content (AvgIpc) is 2.99. The molecule has 0 heterocycles. The van der Waals surface area contributed by atoms with Crippen molar-refractivity contribution in [2.45, 2.75) is 105 Å². The summed E-state index contributed by atoms with van der Waals surface area (Å²) in [6.45, 7) is 9.03. The Morgan fingerprint density at radius 1 is 1.08 bits per heavy atom. The van der Waals surface area contributed by atoms with Crippen LogP contribution in [-0.4, -0.2) is 5.78 Å². The van der Waals surface area contributed by atoms with Crippen molar-refractivity contribution in [1.29, 1.82) is 0 Å². The highest BCUT2D eigenvalue weighted by molar-refractivity contribution is 5.75. The van der Waals surface area contributed by atoms with E-state index in [0.717, 1.165) is 25.7 Å². The van der Waals surface area contributed by atoms with Crippen molar-refractivity contribution in [2.24, 2.45) is 46.3 Å². The topological polar surface area (TPSA) is 17.1 Å². The third-order valence-electron chi connectivity index (χ3n) is 9.71. The Hall–Kier alpha value is -0.330. The zero-order valence-electron chi connectivity index (χ0n) is 19.7. The van der Waals surface area contributed by atoms with Crippen molar-refractivity contribution in [3.63, 3.8) is 0 Å². The van der Waals surface area contributed by atoms with Crippen molar-refractivity contribution in [3.8, 4) is 0 Å². The van der Waals surface area contributed by atoms with Crippen LogP contribution in [0.2, 0.25) is 0 Å². The van der Waals surface area contributed by atoms with Crippen LogP contribution in [0.5, 0.6) is 0 Å². The maximum Gasteiger partial charge on any atom is 0.129 e. The molecule has 9 atom stereocenters. The van der Waals surface area contributed by atoms with E-state index in [-0.39, 0.29) is 11.8 Å². The van der Waals surface area contributed by atoms with Crippen molar-refractivity contribution in [1.82, 2.24) is 0 Å². The number of hydrogen-bond acceptors (Lipinski definition) is 1. The Bertz CT molecular complexity index is 620. The summed E-state index contributed by atoms with van der Waals surface area (Å²) in [5.74, 6) is 2.43. The normalized spacial score (nSPS) is 55.8. The van der Waals surface area contributed by atoms with Crippen LogP contribution in [-0.2, 0) is 4.79 Å². The molecule has 0 bridgehead atoms. The lowest BCUT2D eigenvalue weighted by molar-refractivity contribution is -0.119. The highest BCUT2D eigenvalue weighted by atomic mass is 16.1. The van der Waals surface area contributed by atoms with Crippen LogP contribution in [0.4, 0.5) is 0 Å². The zero-order chi connectivity index (χ0) is 20.3. The lowest BCUT2D eigenvalue weighted by atomic mass is 9.44. The SMILES string of the molecule is [2H]C1C[C@@H]2CCCC[C@]2(C)C2CC[C@@]3(C)C(CC[C@@H]3C(C)CCC(C)=O)[C@]12[2H]. The van der Waals surface area contributed by atoms with E-state index in [9.17, 15) is 6.17 Å². The van der Waals surface area contributed by atoms with Gasteiger partial charge in [0, 0.05) is 9.16 Å². The standard InChI is InChI=1S/C25H42O/c1-17(8-9-18(2)26)21-12-13-22-20-11-10-19-7-5-6-15-24(19,3)23(20)14-16-25(21,22)4/h17,19-23H,5-16H2,1-4H3/t17?,19-,20-,21+,22?,23?,24-,25+/m0/s1/i11D,20D/t11?,17?,19-,20-,21+,22?,23?,24-,25+. The first-order valence-corrected chi connectivity index (χ1v) is 11.6. The summed E-state index contributed by atoms with van der Waals surface area (Å²) in [6.07, 6.45) is 12.5. The molecule has 148 valence electrons. The fourth-order valence-corrected chi connectivity index (χ4v) is 8.15. The number of rotatable bonds is 4. The molecule has 0 aromatic carbocycles. The Labute approximate surface area is 164 Å². The van der Waals surface area contributed by atoms with Crippen LogP contribution in [0, 0.1) is 46.3 Å². The number of fused-ring (bicyclic) bond motifs is 5. The van der Waals surface area contributed by atoms with Crippen LogP contribution in [0.25, 0.3) is 0 Å². The number of ketones is 1. The molecule has 4 aliphatic rings. The van der Waals surface area contributed by atoms with E-state index in [4.69, 9.17) is 1.37 Å². The zero-order valence-corrected chi connectivity index (χ0v) is 17.7. The summed E-state index contributed by atoms with van der Waals surface area (Å²) >= 11 is 0. The minimum atomic E-state index is -0.551. The first-order valence-electron chi connectivity index (χ1n) is 12.6. The maximum atomic E-state index is 11.5.